The molecule has 0 aliphatic heterocycles. The summed E-state index contributed by atoms with van der Waals surface area (Å²) in [6, 6.07) is 5.81. The highest BCUT2D eigenvalue weighted by Gasteiger charge is 2.44. The predicted octanol–water partition coefficient (Wildman–Crippen LogP) is 2.38. The Kier molecular flexibility index (Phi) is 5.63. The Morgan fingerprint density at radius 1 is 1.27 bits per heavy atom. The number of rotatable bonds is 6. The smallest absolute Gasteiger partial charge is 0.351 e. The molecule has 8 nitrogen and oxygen atoms in total. The minimum atomic E-state index is -1.83. The van der Waals surface area contributed by atoms with Crippen LogP contribution in [0.4, 0.5) is 0 Å². The number of Topliss-reactive ketones (excluding diaryl/α,β-unsaturated/α-hetero) is 1. The molecule has 3 N–H and O–H groups in total. The number of aliphatic carboxylic acids is 1. The van der Waals surface area contributed by atoms with Crippen LogP contribution in [0, 0.1) is 16.0 Å². The van der Waals surface area contributed by atoms with Gasteiger partial charge in [-0.15, -0.1) is 0 Å². The number of hydrogen-bond acceptors (Lipinski definition) is 6. The number of aliphatic hydroxyl groups is 2. The van der Waals surface area contributed by atoms with Crippen LogP contribution in [0.5, 0.6) is 0 Å². The van der Waals surface area contributed by atoms with Gasteiger partial charge in [0, 0.05) is 4.47 Å². The summed E-state index contributed by atoms with van der Waals surface area (Å²) >= 11 is 3.13. The standard InChI is InChI=1S/C13H12BrNO7/c1-6(16)9(12(17)18)10(11(13(19)20)15(21)22)7-3-2-4-8(14)5-7/h2-5,9-10,19-20H,1H3,(H,17,18). The molecule has 0 aromatic heterocycles. The van der Waals surface area contributed by atoms with E-state index in [-0.39, 0.29) is 5.56 Å². The fourth-order valence-electron chi connectivity index (χ4n) is 2.09. The van der Waals surface area contributed by atoms with Crippen LogP contribution in [0.25, 0.3) is 0 Å². The molecule has 1 aromatic rings. The van der Waals surface area contributed by atoms with Crippen LogP contribution >= 0.6 is 15.9 Å². The lowest BCUT2D eigenvalue weighted by Crippen LogP contribution is -2.32. The first-order chi connectivity index (χ1) is 10.2. The number of carboxylic acid groups (broad SMARTS) is 1. The van der Waals surface area contributed by atoms with Crippen LogP contribution in [-0.2, 0) is 9.59 Å². The van der Waals surface area contributed by atoms with Crippen molar-refractivity contribution in [1.29, 1.82) is 0 Å². The molecule has 0 saturated heterocycles. The molecule has 0 spiro atoms. The number of halogens is 1. The van der Waals surface area contributed by atoms with E-state index in [9.17, 15) is 35.0 Å². The topological polar surface area (TPSA) is 138 Å². The third kappa shape index (κ3) is 3.82. The van der Waals surface area contributed by atoms with Gasteiger partial charge in [0.05, 0.1) is 4.92 Å². The average Bonchev–Trinajstić information content (AvgIpc) is 2.35. The summed E-state index contributed by atoms with van der Waals surface area (Å²) in [7, 11) is 0. The molecule has 22 heavy (non-hydrogen) atoms. The van der Waals surface area contributed by atoms with E-state index in [4.69, 9.17) is 0 Å². The van der Waals surface area contributed by atoms with Crippen LogP contribution in [0.1, 0.15) is 18.4 Å². The zero-order chi connectivity index (χ0) is 17.0. The second-order valence-corrected chi connectivity index (χ2v) is 5.34. The van der Waals surface area contributed by atoms with Crippen LogP contribution in [0.15, 0.2) is 40.4 Å². The maximum atomic E-state index is 11.6. The first-order valence-electron chi connectivity index (χ1n) is 5.92. The van der Waals surface area contributed by atoms with Crippen LogP contribution < -0.4 is 0 Å². The predicted molar refractivity (Wildman–Crippen MR) is 78.0 cm³/mol. The molecule has 2 atom stereocenters. The molecular formula is C13H12BrNO7. The lowest BCUT2D eigenvalue weighted by atomic mass is 9.81. The maximum Gasteiger partial charge on any atom is 0.351 e. The van der Waals surface area contributed by atoms with Gasteiger partial charge in [-0.05, 0) is 24.6 Å². The van der Waals surface area contributed by atoms with Crippen LogP contribution in [0.3, 0.4) is 0 Å². The van der Waals surface area contributed by atoms with Crippen LogP contribution in [0.2, 0.25) is 0 Å². The third-order valence-corrected chi connectivity index (χ3v) is 3.46. The van der Waals surface area contributed by atoms with Gasteiger partial charge in [-0.3, -0.25) is 19.7 Å². The van der Waals surface area contributed by atoms with Gasteiger partial charge in [0.2, 0.25) is 0 Å². The first kappa shape index (κ1) is 17.6. The quantitative estimate of drug-likeness (QED) is 0.301. The Morgan fingerprint density at radius 2 is 1.86 bits per heavy atom. The molecule has 0 bridgehead atoms. The normalized spacial score (nSPS) is 13.0. The van der Waals surface area contributed by atoms with Crippen molar-refractivity contribution in [3.8, 4) is 0 Å². The molecule has 0 amide bonds. The fraction of sp³-hybridized carbons (Fsp3) is 0.231. The Hall–Kier alpha value is -2.42. The first-order valence-corrected chi connectivity index (χ1v) is 6.71. The maximum absolute atomic E-state index is 11.6. The molecule has 0 saturated carbocycles. The minimum Gasteiger partial charge on any atom is -0.481 e. The summed E-state index contributed by atoms with van der Waals surface area (Å²) in [6.45, 7) is 0.968. The largest absolute Gasteiger partial charge is 0.481 e. The van der Waals surface area contributed by atoms with Gasteiger partial charge in [0.25, 0.3) is 0 Å². The molecule has 0 aliphatic carbocycles. The van der Waals surface area contributed by atoms with Crippen molar-refractivity contribution < 1.29 is 29.8 Å². The van der Waals surface area contributed by atoms with Crippen molar-refractivity contribution >= 4 is 27.7 Å². The zero-order valence-electron chi connectivity index (χ0n) is 11.3. The lowest BCUT2D eigenvalue weighted by Gasteiger charge is -2.20. The summed E-state index contributed by atoms with van der Waals surface area (Å²) in [5, 5.41) is 38.7. The minimum absolute atomic E-state index is 0.0873. The molecule has 0 fully saturated rings. The number of aliphatic hydroxyl groups excluding tert-OH is 1. The second kappa shape index (κ2) is 7.03. The number of ketones is 1. The van der Waals surface area contributed by atoms with E-state index in [1.165, 1.54) is 18.2 Å². The molecule has 1 aromatic carbocycles. The van der Waals surface area contributed by atoms with E-state index in [2.05, 4.69) is 15.9 Å². The Bertz CT molecular complexity index is 638. The van der Waals surface area contributed by atoms with Gasteiger partial charge in [0.15, 0.2) is 0 Å². The van der Waals surface area contributed by atoms with Gasteiger partial charge in [0.1, 0.15) is 17.6 Å². The van der Waals surface area contributed by atoms with Crippen molar-refractivity contribution in [2.75, 3.05) is 0 Å². The van der Waals surface area contributed by atoms with Gasteiger partial charge in [-0.25, -0.2) is 0 Å². The Morgan fingerprint density at radius 3 is 2.23 bits per heavy atom. The van der Waals surface area contributed by atoms with Gasteiger partial charge >= 0.3 is 17.6 Å². The summed E-state index contributed by atoms with van der Waals surface area (Å²) in [5.41, 5.74) is -1.06. The molecule has 118 valence electrons. The van der Waals surface area contributed by atoms with E-state index < -0.39 is 40.2 Å². The molecule has 2 unspecified atom stereocenters. The van der Waals surface area contributed by atoms with E-state index in [0.29, 0.717) is 4.47 Å². The van der Waals surface area contributed by atoms with E-state index in [0.717, 1.165) is 6.92 Å². The number of nitrogens with zero attached hydrogens (tertiary/aromatic N) is 1. The third-order valence-electron chi connectivity index (χ3n) is 2.97. The molecule has 9 heteroatoms. The number of allylic oxidation sites excluding steroid dienone is 1. The highest BCUT2D eigenvalue weighted by molar-refractivity contribution is 9.10. The Balaban J connectivity index is 3.65. The van der Waals surface area contributed by atoms with Crippen molar-refractivity contribution in [3.63, 3.8) is 0 Å². The summed E-state index contributed by atoms with van der Waals surface area (Å²) in [4.78, 5) is 33.0. The van der Waals surface area contributed by atoms with Gasteiger partial charge in [-0.2, -0.15) is 0 Å². The second-order valence-electron chi connectivity index (χ2n) is 4.43. The highest BCUT2D eigenvalue weighted by Crippen LogP contribution is 2.35. The van der Waals surface area contributed by atoms with Gasteiger partial charge in [-0.1, -0.05) is 28.1 Å². The van der Waals surface area contributed by atoms with Crippen molar-refractivity contribution in [2.24, 2.45) is 5.92 Å². The molecule has 0 radical (unpaired) electrons. The van der Waals surface area contributed by atoms with Gasteiger partial charge < -0.3 is 15.3 Å². The van der Waals surface area contributed by atoms with Crippen molar-refractivity contribution in [1.82, 2.24) is 0 Å². The van der Waals surface area contributed by atoms with E-state index >= 15 is 0 Å². The number of benzene rings is 1. The summed E-state index contributed by atoms with van der Waals surface area (Å²) in [5.74, 6) is -7.56. The summed E-state index contributed by atoms with van der Waals surface area (Å²) in [6.07, 6.45) is 0. The molecular weight excluding hydrogens is 362 g/mol. The lowest BCUT2D eigenvalue weighted by molar-refractivity contribution is -0.436. The number of carbonyl (C=O) groups excluding carboxylic acids is 1. The number of nitro groups is 1. The van der Waals surface area contributed by atoms with E-state index in [1.807, 2.05) is 0 Å². The SMILES string of the molecule is CC(=O)C(C(=O)O)C(C(=C(O)O)[N+](=O)[O-])c1cccc(Br)c1. The number of carbonyl (C=O) groups is 2. The fourth-order valence-corrected chi connectivity index (χ4v) is 2.51. The van der Waals surface area contributed by atoms with Crippen molar-refractivity contribution in [2.45, 2.75) is 12.8 Å². The molecule has 0 heterocycles. The monoisotopic (exact) mass is 373 g/mol. The molecule has 1 rings (SSSR count). The Labute approximate surface area is 133 Å². The zero-order valence-corrected chi connectivity index (χ0v) is 12.8. The average molecular weight is 374 g/mol. The number of hydrogen-bond donors (Lipinski definition) is 3. The van der Waals surface area contributed by atoms with Crippen molar-refractivity contribution in [3.05, 3.63) is 56.1 Å². The number of carboxylic acids is 1. The van der Waals surface area contributed by atoms with Crippen LogP contribution in [-0.4, -0.2) is 32.0 Å². The van der Waals surface area contributed by atoms with E-state index in [1.54, 1.807) is 6.07 Å². The summed E-state index contributed by atoms with van der Waals surface area (Å²) < 4.78 is 0.489. The highest BCUT2D eigenvalue weighted by atomic mass is 79.9. The molecule has 0 aliphatic rings.